The van der Waals surface area contributed by atoms with Crippen molar-refractivity contribution in [3.63, 3.8) is 0 Å². The summed E-state index contributed by atoms with van der Waals surface area (Å²) in [4.78, 5) is 13.2. The van der Waals surface area contributed by atoms with Crippen LogP contribution in [0.4, 0.5) is 0 Å². The summed E-state index contributed by atoms with van der Waals surface area (Å²) < 4.78 is 5.12. The van der Waals surface area contributed by atoms with Crippen molar-refractivity contribution in [1.29, 1.82) is 0 Å². The molecule has 0 fully saturated rings. The number of ether oxygens (including phenoxy) is 1. The zero-order valence-corrected chi connectivity index (χ0v) is 10.3. The first-order chi connectivity index (χ1) is 8.17. The van der Waals surface area contributed by atoms with Crippen molar-refractivity contribution in [2.24, 2.45) is 0 Å². The molecule has 0 aliphatic carbocycles. The lowest BCUT2D eigenvalue weighted by Crippen LogP contribution is -2.29. The lowest BCUT2D eigenvalue weighted by Gasteiger charge is -2.15. The summed E-state index contributed by atoms with van der Waals surface area (Å²) in [6, 6.07) is 7.69. The van der Waals surface area contributed by atoms with Crippen LogP contribution >= 0.6 is 0 Å². The van der Waals surface area contributed by atoms with Crippen LogP contribution in [0.15, 0.2) is 24.3 Å². The number of rotatable bonds is 6. The van der Waals surface area contributed by atoms with Crippen LogP contribution < -0.4 is 4.74 Å². The van der Waals surface area contributed by atoms with Crippen molar-refractivity contribution < 1.29 is 14.6 Å². The molecule has 0 unspecified atom stereocenters. The predicted octanol–water partition coefficient (Wildman–Crippen LogP) is 1.08. The van der Waals surface area contributed by atoms with Crippen LogP contribution in [-0.2, 0) is 11.2 Å². The average molecular weight is 237 g/mol. The Bertz CT molecular complexity index is 365. The van der Waals surface area contributed by atoms with E-state index in [0.717, 1.165) is 11.3 Å². The Morgan fingerprint density at radius 3 is 2.88 bits per heavy atom. The van der Waals surface area contributed by atoms with Gasteiger partial charge in [0.25, 0.3) is 0 Å². The highest BCUT2D eigenvalue weighted by atomic mass is 16.5. The van der Waals surface area contributed by atoms with Crippen molar-refractivity contribution in [3.05, 3.63) is 29.8 Å². The Labute approximate surface area is 102 Å². The van der Waals surface area contributed by atoms with Crippen LogP contribution in [0.5, 0.6) is 5.75 Å². The van der Waals surface area contributed by atoms with E-state index in [-0.39, 0.29) is 12.5 Å². The molecule has 1 amide bonds. The molecule has 0 bridgehead atoms. The topological polar surface area (TPSA) is 49.8 Å². The van der Waals surface area contributed by atoms with Crippen LogP contribution in [0.25, 0.3) is 0 Å². The number of aliphatic hydroxyl groups is 1. The Hall–Kier alpha value is -1.55. The van der Waals surface area contributed by atoms with E-state index in [2.05, 4.69) is 0 Å². The second kappa shape index (κ2) is 6.91. The number of methoxy groups -OCH3 is 1. The molecular weight excluding hydrogens is 218 g/mol. The first-order valence-corrected chi connectivity index (χ1v) is 5.65. The number of hydrogen-bond acceptors (Lipinski definition) is 3. The molecule has 0 spiro atoms. The van der Waals surface area contributed by atoms with Gasteiger partial charge in [-0.1, -0.05) is 12.1 Å². The van der Waals surface area contributed by atoms with E-state index >= 15 is 0 Å². The molecule has 0 aromatic heterocycles. The maximum absolute atomic E-state index is 11.6. The van der Waals surface area contributed by atoms with Gasteiger partial charge in [-0.2, -0.15) is 0 Å². The Balaban J connectivity index is 2.46. The van der Waals surface area contributed by atoms with Crippen molar-refractivity contribution >= 4 is 5.91 Å². The van der Waals surface area contributed by atoms with Crippen LogP contribution in [-0.4, -0.2) is 43.2 Å². The summed E-state index contributed by atoms with van der Waals surface area (Å²) in [6.45, 7) is 0.387. The molecule has 94 valence electrons. The second-order valence-corrected chi connectivity index (χ2v) is 3.89. The number of hydrogen-bond donors (Lipinski definition) is 1. The third-order valence-corrected chi connectivity index (χ3v) is 2.62. The standard InChI is InChI=1S/C13H19NO3/c1-14(8-9-15)13(16)7-6-11-4-3-5-12(10-11)17-2/h3-5,10,15H,6-9H2,1-2H3. The van der Waals surface area contributed by atoms with E-state index in [9.17, 15) is 4.79 Å². The smallest absolute Gasteiger partial charge is 0.222 e. The second-order valence-electron chi connectivity index (χ2n) is 3.89. The number of carbonyl (C=O) groups excluding carboxylic acids is 1. The fraction of sp³-hybridized carbons (Fsp3) is 0.462. The minimum absolute atomic E-state index is 0.00139. The van der Waals surface area contributed by atoms with Crippen molar-refractivity contribution in [2.75, 3.05) is 27.3 Å². The molecule has 4 nitrogen and oxygen atoms in total. The molecule has 0 radical (unpaired) electrons. The van der Waals surface area contributed by atoms with E-state index in [4.69, 9.17) is 9.84 Å². The molecule has 0 aliphatic heterocycles. The highest BCUT2D eigenvalue weighted by molar-refractivity contribution is 5.76. The molecule has 1 aromatic rings. The fourth-order valence-corrected chi connectivity index (χ4v) is 1.54. The van der Waals surface area contributed by atoms with Crippen LogP contribution in [0.3, 0.4) is 0 Å². The van der Waals surface area contributed by atoms with E-state index in [1.54, 1.807) is 19.1 Å². The van der Waals surface area contributed by atoms with Crippen LogP contribution in [0.1, 0.15) is 12.0 Å². The summed E-state index contributed by atoms with van der Waals surface area (Å²) in [5, 5.41) is 8.73. The molecule has 0 saturated heterocycles. The minimum Gasteiger partial charge on any atom is -0.497 e. The normalized spacial score (nSPS) is 10.1. The Kier molecular flexibility index (Phi) is 5.49. The van der Waals surface area contributed by atoms with Gasteiger partial charge in [0.1, 0.15) is 5.75 Å². The molecule has 4 heteroatoms. The monoisotopic (exact) mass is 237 g/mol. The fourth-order valence-electron chi connectivity index (χ4n) is 1.54. The number of aryl methyl sites for hydroxylation is 1. The first kappa shape index (κ1) is 13.5. The average Bonchev–Trinajstić information content (AvgIpc) is 2.36. The first-order valence-electron chi connectivity index (χ1n) is 5.65. The van der Waals surface area contributed by atoms with E-state index < -0.39 is 0 Å². The quantitative estimate of drug-likeness (QED) is 0.805. The van der Waals surface area contributed by atoms with Gasteiger partial charge in [-0.05, 0) is 24.1 Å². The van der Waals surface area contributed by atoms with Gasteiger partial charge in [0, 0.05) is 20.0 Å². The zero-order valence-electron chi connectivity index (χ0n) is 10.3. The molecule has 0 saturated carbocycles. The maximum atomic E-state index is 11.6. The van der Waals surface area contributed by atoms with Crippen molar-refractivity contribution in [2.45, 2.75) is 12.8 Å². The number of benzene rings is 1. The SMILES string of the molecule is COc1cccc(CCC(=O)N(C)CCO)c1. The van der Waals surface area contributed by atoms with Gasteiger partial charge in [-0.3, -0.25) is 4.79 Å². The lowest BCUT2D eigenvalue weighted by molar-refractivity contribution is -0.130. The van der Waals surface area contributed by atoms with E-state index in [0.29, 0.717) is 19.4 Å². The number of amides is 1. The third-order valence-electron chi connectivity index (χ3n) is 2.62. The zero-order chi connectivity index (χ0) is 12.7. The van der Waals surface area contributed by atoms with Gasteiger partial charge in [0.15, 0.2) is 0 Å². The Morgan fingerprint density at radius 2 is 2.24 bits per heavy atom. The minimum atomic E-state index is 0.00139. The van der Waals surface area contributed by atoms with Gasteiger partial charge in [-0.25, -0.2) is 0 Å². The van der Waals surface area contributed by atoms with Gasteiger partial charge in [0.2, 0.25) is 5.91 Å². The Morgan fingerprint density at radius 1 is 1.47 bits per heavy atom. The molecule has 1 rings (SSSR count). The third kappa shape index (κ3) is 4.44. The van der Waals surface area contributed by atoms with E-state index in [1.807, 2.05) is 24.3 Å². The number of carbonyl (C=O) groups is 1. The van der Waals surface area contributed by atoms with E-state index in [1.165, 1.54) is 0 Å². The highest BCUT2D eigenvalue weighted by Crippen LogP contribution is 2.14. The molecular formula is C13H19NO3. The molecule has 1 N–H and O–H groups in total. The molecule has 1 aromatic carbocycles. The summed E-state index contributed by atoms with van der Waals surface area (Å²) in [5.41, 5.74) is 1.08. The summed E-state index contributed by atoms with van der Waals surface area (Å²) >= 11 is 0. The van der Waals surface area contributed by atoms with Gasteiger partial charge >= 0.3 is 0 Å². The van der Waals surface area contributed by atoms with Crippen molar-refractivity contribution in [3.8, 4) is 5.75 Å². The predicted molar refractivity (Wildman–Crippen MR) is 66.0 cm³/mol. The number of aliphatic hydroxyl groups excluding tert-OH is 1. The maximum Gasteiger partial charge on any atom is 0.222 e. The molecule has 0 aliphatic rings. The molecule has 0 heterocycles. The van der Waals surface area contributed by atoms with Gasteiger partial charge < -0.3 is 14.7 Å². The van der Waals surface area contributed by atoms with Crippen LogP contribution in [0.2, 0.25) is 0 Å². The lowest BCUT2D eigenvalue weighted by atomic mass is 10.1. The largest absolute Gasteiger partial charge is 0.497 e. The van der Waals surface area contributed by atoms with Crippen LogP contribution in [0, 0.1) is 0 Å². The summed E-state index contributed by atoms with van der Waals surface area (Å²) in [7, 11) is 3.32. The molecule has 17 heavy (non-hydrogen) atoms. The van der Waals surface area contributed by atoms with Gasteiger partial charge in [0.05, 0.1) is 13.7 Å². The number of nitrogens with zero attached hydrogens (tertiary/aromatic N) is 1. The van der Waals surface area contributed by atoms with Crippen molar-refractivity contribution in [1.82, 2.24) is 4.90 Å². The molecule has 0 atom stereocenters. The van der Waals surface area contributed by atoms with Gasteiger partial charge in [-0.15, -0.1) is 0 Å². The summed E-state index contributed by atoms with van der Waals surface area (Å²) in [5.74, 6) is 0.848. The number of likely N-dealkylation sites (N-methyl/N-ethyl adjacent to an activating group) is 1. The highest BCUT2D eigenvalue weighted by Gasteiger charge is 2.08. The summed E-state index contributed by atoms with van der Waals surface area (Å²) in [6.07, 6.45) is 1.13.